The van der Waals surface area contributed by atoms with E-state index >= 15 is 0 Å². The van der Waals surface area contributed by atoms with Crippen LogP contribution in [0.4, 0.5) is 5.13 Å². The molecule has 0 radical (unpaired) electrons. The highest BCUT2D eigenvalue weighted by Gasteiger charge is 2.39. The van der Waals surface area contributed by atoms with Gasteiger partial charge in [-0.25, -0.2) is 4.98 Å². The molecule has 0 atom stereocenters. The molecule has 1 fully saturated rings. The fourth-order valence-corrected chi connectivity index (χ4v) is 2.93. The predicted molar refractivity (Wildman–Crippen MR) is 70.0 cm³/mol. The molecular formula is C10H14BrN3O2S. The minimum absolute atomic E-state index is 0.0508. The van der Waals surface area contributed by atoms with Crippen molar-refractivity contribution < 1.29 is 9.53 Å². The summed E-state index contributed by atoms with van der Waals surface area (Å²) in [5.74, 6) is -0.0508. The van der Waals surface area contributed by atoms with Crippen LogP contribution in [-0.2, 0) is 9.53 Å². The minimum atomic E-state index is -0.504. The molecule has 5 nitrogen and oxygen atoms in total. The largest absolute Gasteiger partial charge is 0.381 e. The fraction of sp³-hybridized carbons (Fsp3) is 0.600. The van der Waals surface area contributed by atoms with E-state index in [1.807, 2.05) is 0 Å². The van der Waals surface area contributed by atoms with E-state index in [4.69, 9.17) is 10.5 Å². The third-order valence-electron chi connectivity index (χ3n) is 3.02. The van der Waals surface area contributed by atoms with Gasteiger partial charge >= 0.3 is 0 Å². The Morgan fingerprint density at radius 2 is 2.35 bits per heavy atom. The van der Waals surface area contributed by atoms with Crippen LogP contribution in [0.3, 0.4) is 0 Å². The number of aromatic nitrogens is 1. The molecule has 0 unspecified atom stereocenters. The molecule has 0 spiro atoms. The summed E-state index contributed by atoms with van der Waals surface area (Å²) >= 11 is 4.70. The number of anilines is 1. The average molecular weight is 320 g/mol. The lowest BCUT2D eigenvalue weighted by Crippen LogP contribution is -2.46. The Balaban J connectivity index is 2.07. The van der Waals surface area contributed by atoms with Gasteiger partial charge in [-0.2, -0.15) is 0 Å². The number of amides is 1. The van der Waals surface area contributed by atoms with Gasteiger partial charge in [0.1, 0.15) is 0 Å². The number of thiazole rings is 1. The predicted octanol–water partition coefficient (Wildman–Crippen LogP) is 1.60. The van der Waals surface area contributed by atoms with E-state index in [1.54, 1.807) is 6.20 Å². The van der Waals surface area contributed by atoms with Gasteiger partial charge in [-0.1, -0.05) is 11.3 Å². The SMILES string of the molecule is NCC1(C(=O)Nc2ncc(Br)s2)CCOCC1. The average Bonchev–Trinajstić information content (AvgIpc) is 2.75. The van der Waals surface area contributed by atoms with Crippen LogP contribution in [0, 0.1) is 5.41 Å². The summed E-state index contributed by atoms with van der Waals surface area (Å²) in [6, 6.07) is 0. The molecule has 17 heavy (non-hydrogen) atoms. The summed E-state index contributed by atoms with van der Waals surface area (Å²) < 4.78 is 6.17. The number of ether oxygens (including phenoxy) is 1. The lowest BCUT2D eigenvalue weighted by atomic mass is 9.79. The molecule has 0 saturated carbocycles. The van der Waals surface area contributed by atoms with E-state index in [-0.39, 0.29) is 5.91 Å². The van der Waals surface area contributed by atoms with Gasteiger partial charge in [0.05, 0.1) is 15.4 Å². The van der Waals surface area contributed by atoms with E-state index in [2.05, 4.69) is 26.2 Å². The summed E-state index contributed by atoms with van der Waals surface area (Å²) in [7, 11) is 0. The third-order valence-corrected chi connectivity index (χ3v) is 4.41. The van der Waals surface area contributed by atoms with E-state index < -0.39 is 5.41 Å². The van der Waals surface area contributed by atoms with Gasteiger partial charge in [-0.3, -0.25) is 4.79 Å². The highest BCUT2D eigenvalue weighted by atomic mass is 79.9. The first-order valence-corrected chi connectivity index (χ1v) is 6.98. The lowest BCUT2D eigenvalue weighted by molar-refractivity contribution is -0.130. The zero-order valence-electron chi connectivity index (χ0n) is 9.24. The Morgan fingerprint density at radius 3 is 2.88 bits per heavy atom. The Bertz CT molecular complexity index is 404. The van der Waals surface area contributed by atoms with Crippen LogP contribution in [0.5, 0.6) is 0 Å². The zero-order chi connectivity index (χ0) is 12.3. The Morgan fingerprint density at radius 1 is 1.65 bits per heavy atom. The fourth-order valence-electron chi connectivity index (χ4n) is 1.83. The molecule has 94 valence electrons. The molecule has 0 aromatic carbocycles. The van der Waals surface area contributed by atoms with Gasteiger partial charge < -0.3 is 15.8 Å². The molecule has 1 aromatic rings. The van der Waals surface area contributed by atoms with Gasteiger partial charge in [0, 0.05) is 19.8 Å². The van der Waals surface area contributed by atoms with Crippen molar-refractivity contribution in [2.45, 2.75) is 12.8 Å². The summed E-state index contributed by atoms with van der Waals surface area (Å²) in [6.45, 7) is 1.52. The van der Waals surface area contributed by atoms with Crippen LogP contribution in [0.15, 0.2) is 9.98 Å². The number of nitrogens with one attached hydrogen (secondary N) is 1. The topological polar surface area (TPSA) is 77.2 Å². The van der Waals surface area contributed by atoms with Crippen LogP contribution in [0.25, 0.3) is 0 Å². The smallest absolute Gasteiger partial charge is 0.233 e. The van der Waals surface area contributed by atoms with Crippen molar-refractivity contribution >= 4 is 38.3 Å². The van der Waals surface area contributed by atoms with E-state index in [0.717, 1.165) is 3.79 Å². The summed E-state index contributed by atoms with van der Waals surface area (Å²) in [5, 5.41) is 3.43. The molecular weight excluding hydrogens is 306 g/mol. The van der Waals surface area contributed by atoms with Crippen LogP contribution >= 0.6 is 27.3 Å². The number of halogens is 1. The maximum absolute atomic E-state index is 12.2. The highest BCUT2D eigenvalue weighted by molar-refractivity contribution is 9.11. The maximum atomic E-state index is 12.2. The van der Waals surface area contributed by atoms with E-state index in [1.165, 1.54) is 11.3 Å². The minimum Gasteiger partial charge on any atom is -0.381 e. The molecule has 2 heterocycles. The van der Waals surface area contributed by atoms with Gasteiger partial charge in [-0.05, 0) is 28.8 Å². The number of carbonyl (C=O) groups is 1. The molecule has 2 rings (SSSR count). The molecule has 1 aliphatic rings. The quantitative estimate of drug-likeness (QED) is 0.887. The van der Waals surface area contributed by atoms with Crippen molar-refractivity contribution in [2.24, 2.45) is 11.1 Å². The highest BCUT2D eigenvalue weighted by Crippen LogP contribution is 2.32. The molecule has 1 aliphatic heterocycles. The second kappa shape index (κ2) is 5.43. The van der Waals surface area contributed by atoms with Gasteiger partial charge in [-0.15, -0.1) is 0 Å². The first-order chi connectivity index (χ1) is 8.16. The standard InChI is InChI=1S/C10H14BrN3O2S/c11-7-5-13-9(17-7)14-8(15)10(6-12)1-3-16-4-2-10/h5H,1-4,6,12H2,(H,13,14,15). The Hall–Kier alpha value is -0.500. The van der Waals surface area contributed by atoms with Crippen LogP contribution in [-0.4, -0.2) is 30.6 Å². The number of rotatable bonds is 3. The van der Waals surface area contributed by atoms with Crippen molar-refractivity contribution in [3.05, 3.63) is 9.98 Å². The Labute approximate surface area is 112 Å². The van der Waals surface area contributed by atoms with Crippen molar-refractivity contribution in [1.29, 1.82) is 0 Å². The van der Waals surface area contributed by atoms with Gasteiger partial charge in [0.25, 0.3) is 0 Å². The number of nitrogens with zero attached hydrogens (tertiary/aromatic N) is 1. The molecule has 0 aliphatic carbocycles. The number of hydrogen-bond acceptors (Lipinski definition) is 5. The second-order valence-electron chi connectivity index (χ2n) is 4.02. The normalized spacial score (nSPS) is 18.9. The van der Waals surface area contributed by atoms with Crippen molar-refractivity contribution in [2.75, 3.05) is 25.1 Å². The number of nitrogens with two attached hydrogens (primary N) is 1. The maximum Gasteiger partial charge on any atom is 0.233 e. The third kappa shape index (κ3) is 2.85. The lowest BCUT2D eigenvalue weighted by Gasteiger charge is -2.34. The van der Waals surface area contributed by atoms with Crippen molar-refractivity contribution in [3.63, 3.8) is 0 Å². The molecule has 7 heteroatoms. The van der Waals surface area contributed by atoms with Gasteiger partial charge in [0.15, 0.2) is 5.13 Å². The first kappa shape index (κ1) is 12.9. The van der Waals surface area contributed by atoms with Crippen molar-refractivity contribution in [3.8, 4) is 0 Å². The van der Waals surface area contributed by atoms with E-state index in [0.29, 0.717) is 37.7 Å². The first-order valence-electron chi connectivity index (χ1n) is 5.37. The van der Waals surface area contributed by atoms with Crippen molar-refractivity contribution in [1.82, 2.24) is 4.98 Å². The molecule has 1 aromatic heterocycles. The molecule has 3 N–H and O–H groups in total. The molecule has 1 saturated heterocycles. The van der Waals surface area contributed by atoms with E-state index in [9.17, 15) is 4.79 Å². The summed E-state index contributed by atoms with van der Waals surface area (Å²) in [5.41, 5.74) is 5.25. The molecule has 1 amide bonds. The summed E-state index contributed by atoms with van der Waals surface area (Å²) in [4.78, 5) is 16.3. The van der Waals surface area contributed by atoms with Gasteiger partial charge in [0.2, 0.25) is 5.91 Å². The van der Waals surface area contributed by atoms with Crippen LogP contribution < -0.4 is 11.1 Å². The monoisotopic (exact) mass is 319 g/mol. The number of hydrogen-bond donors (Lipinski definition) is 2. The summed E-state index contributed by atoms with van der Waals surface area (Å²) in [6.07, 6.45) is 3.00. The second-order valence-corrected chi connectivity index (χ2v) is 6.43. The molecule has 0 bridgehead atoms. The van der Waals surface area contributed by atoms with Crippen LogP contribution in [0.2, 0.25) is 0 Å². The Kier molecular flexibility index (Phi) is 4.13. The number of carbonyl (C=O) groups excluding carboxylic acids is 1. The zero-order valence-corrected chi connectivity index (χ0v) is 11.6. The van der Waals surface area contributed by atoms with Crippen LogP contribution in [0.1, 0.15) is 12.8 Å².